The molecule has 1 aliphatic heterocycles. The Hall–Kier alpha value is -3.28. The predicted molar refractivity (Wildman–Crippen MR) is 140 cm³/mol. The van der Waals surface area contributed by atoms with Crippen molar-refractivity contribution in [3.8, 4) is 17.4 Å². The number of para-hydroxylation sites is 1. The zero-order valence-electron chi connectivity index (χ0n) is 21.7. The monoisotopic (exact) mass is 475 g/mol. The Balaban J connectivity index is 1.49. The number of amidine groups is 1. The van der Waals surface area contributed by atoms with E-state index in [-0.39, 0.29) is 10.8 Å². The Morgan fingerprint density at radius 2 is 1.77 bits per heavy atom. The van der Waals surface area contributed by atoms with Gasteiger partial charge in [-0.1, -0.05) is 71.9 Å². The molecular formula is C29H37N3O3. The molecule has 0 saturated heterocycles. The number of aromatic hydroxyl groups is 1. The van der Waals surface area contributed by atoms with Gasteiger partial charge in [0.05, 0.1) is 6.54 Å². The van der Waals surface area contributed by atoms with E-state index in [9.17, 15) is 5.11 Å². The summed E-state index contributed by atoms with van der Waals surface area (Å²) in [5, 5.41) is 14.4. The summed E-state index contributed by atoms with van der Waals surface area (Å²) in [6, 6.07) is 12.2. The van der Waals surface area contributed by atoms with E-state index >= 15 is 0 Å². The van der Waals surface area contributed by atoms with Gasteiger partial charge >= 0.3 is 0 Å². The molecule has 6 heteroatoms. The first-order valence-electron chi connectivity index (χ1n) is 12.3. The van der Waals surface area contributed by atoms with Crippen LogP contribution in [0.25, 0.3) is 0 Å². The van der Waals surface area contributed by atoms with Gasteiger partial charge in [-0.25, -0.2) is 0 Å². The Kier molecular flexibility index (Phi) is 6.93. The number of hydrogen-bond donors (Lipinski definition) is 2. The SMILES string of the molecule is CC(C)(C)c1cc(CCc2nc(Oc3ccccc3CC3=NCCN3)co2)c(O)c(C(C)(C)C)c1. The Labute approximate surface area is 208 Å². The largest absolute Gasteiger partial charge is 0.507 e. The molecule has 2 N–H and O–H groups in total. The van der Waals surface area contributed by atoms with Crippen LogP contribution in [0.1, 0.15) is 69.7 Å². The summed E-state index contributed by atoms with van der Waals surface area (Å²) in [6.45, 7) is 14.7. The fourth-order valence-corrected chi connectivity index (χ4v) is 4.20. The van der Waals surface area contributed by atoms with Crippen molar-refractivity contribution in [1.82, 2.24) is 10.3 Å². The molecule has 35 heavy (non-hydrogen) atoms. The van der Waals surface area contributed by atoms with Crippen molar-refractivity contribution >= 4 is 5.84 Å². The number of aromatic nitrogens is 1. The van der Waals surface area contributed by atoms with Crippen molar-refractivity contribution in [2.75, 3.05) is 13.1 Å². The normalized spacial score (nSPS) is 14.1. The van der Waals surface area contributed by atoms with E-state index in [1.807, 2.05) is 24.3 Å². The fraction of sp³-hybridized carbons (Fsp3) is 0.448. The van der Waals surface area contributed by atoms with E-state index in [1.165, 1.54) is 5.56 Å². The zero-order valence-corrected chi connectivity index (χ0v) is 21.7. The van der Waals surface area contributed by atoms with Crippen molar-refractivity contribution < 1.29 is 14.3 Å². The van der Waals surface area contributed by atoms with E-state index in [0.29, 0.717) is 36.8 Å². The third kappa shape index (κ3) is 6.05. The number of phenols is 1. The third-order valence-corrected chi connectivity index (χ3v) is 6.29. The summed E-state index contributed by atoms with van der Waals surface area (Å²) >= 11 is 0. The summed E-state index contributed by atoms with van der Waals surface area (Å²) in [5.41, 5.74) is 3.97. The number of aryl methyl sites for hydroxylation is 2. The standard InChI is InChI=1S/C29H37N3O3/c1-28(2,3)21-15-20(27(33)22(17-21)29(4,5)6)11-12-25-32-26(18-34-25)35-23-10-8-7-9-19(23)16-24-30-13-14-31-24/h7-10,15,17-18,33H,11-14,16H2,1-6H3,(H,30,31). The molecule has 1 aromatic heterocycles. The number of aliphatic imine (C=N–C) groups is 1. The van der Waals surface area contributed by atoms with Crippen LogP contribution in [0.15, 0.2) is 52.1 Å². The molecule has 0 atom stereocenters. The molecule has 0 unspecified atom stereocenters. The van der Waals surface area contributed by atoms with Crippen LogP contribution in [0.5, 0.6) is 17.4 Å². The first kappa shape index (κ1) is 24.8. The van der Waals surface area contributed by atoms with Gasteiger partial charge in [0, 0.05) is 24.9 Å². The quantitative estimate of drug-likeness (QED) is 0.432. The number of benzene rings is 2. The maximum atomic E-state index is 11.0. The minimum atomic E-state index is -0.156. The molecule has 0 saturated carbocycles. The average molecular weight is 476 g/mol. The van der Waals surface area contributed by atoms with Crippen LogP contribution in [0, 0.1) is 0 Å². The third-order valence-electron chi connectivity index (χ3n) is 6.29. The van der Waals surface area contributed by atoms with Crippen LogP contribution < -0.4 is 10.1 Å². The Morgan fingerprint density at radius 1 is 1.00 bits per heavy atom. The van der Waals surface area contributed by atoms with Crippen molar-refractivity contribution in [2.45, 2.75) is 71.6 Å². The smallest absolute Gasteiger partial charge is 0.258 e. The lowest BCUT2D eigenvalue weighted by Gasteiger charge is -2.27. The minimum Gasteiger partial charge on any atom is -0.507 e. The van der Waals surface area contributed by atoms with Gasteiger partial charge in [-0.15, -0.1) is 0 Å². The molecule has 3 aromatic rings. The van der Waals surface area contributed by atoms with Crippen molar-refractivity contribution in [3.63, 3.8) is 0 Å². The van der Waals surface area contributed by atoms with Gasteiger partial charge in [-0.05, 0) is 40.0 Å². The van der Waals surface area contributed by atoms with Gasteiger partial charge in [-0.3, -0.25) is 4.99 Å². The molecule has 0 aliphatic carbocycles. The van der Waals surface area contributed by atoms with Crippen LogP contribution >= 0.6 is 0 Å². The summed E-state index contributed by atoms with van der Waals surface area (Å²) in [6.07, 6.45) is 3.43. The Bertz CT molecular complexity index is 1210. The average Bonchev–Trinajstić information content (AvgIpc) is 3.45. The van der Waals surface area contributed by atoms with Crippen LogP contribution in [-0.2, 0) is 30.1 Å². The lowest BCUT2D eigenvalue weighted by molar-refractivity contribution is 0.435. The van der Waals surface area contributed by atoms with Crippen LogP contribution in [0.2, 0.25) is 0 Å². The fourth-order valence-electron chi connectivity index (χ4n) is 4.20. The van der Waals surface area contributed by atoms with E-state index in [1.54, 1.807) is 6.26 Å². The number of nitrogens with one attached hydrogen (secondary N) is 1. The van der Waals surface area contributed by atoms with Gasteiger partial charge in [0.2, 0.25) is 0 Å². The van der Waals surface area contributed by atoms with Crippen LogP contribution in [0.4, 0.5) is 0 Å². The molecule has 186 valence electrons. The molecule has 0 amide bonds. The molecule has 1 aliphatic rings. The van der Waals surface area contributed by atoms with Crippen molar-refractivity contribution in [2.24, 2.45) is 4.99 Å². The number of ether oxygens (including phenoxy) is 1. The maximum Gasteiger partial charge on any atom is 0.258 e. The van der Waals surface area contributed by atoms with Crippen LogP contribution in [0.3, 0.4) is 0 Å². The summed E-state index contributed by atoms with van der Waals surface area (Å²) in [5.74, 6) is 3.10. The lowest BCUT2D eigenvalue weighted by Crippen LogP contribution is -2.20. The van der Waals surface area contributed by atoms with Gasteiger partial charge in [0.15, 0.2) is 12.2 Å². The molecule has 0 bridgehead atoms. The highest BCUT2D eigenvalue weighted by Crippen LogP contribution is 2.38. The number of rotatable bonds is 7. The molecule has 0 spiro atoms. The predicted octanol–water partition coefficient (Wildman–Crippen LogP) is 6.10. The lowest BCUT2D eigenvalue weighted by atomic mass is 9.78. The van der Waals surface area contributed by atoms with Crippen molar-refractivity contribution in [1.29, 1.82) is 0 Å². The van der Waals surface area contributed by atoms with E-state index in [2.05, 4.69) is 69.0 Å². The highest BCUT2D eigenvalue weighted by atomic mass is 16.5. The van der Waals surface area contributed by atoms with Crippen LogP contribution in [-0.4, -0.2) is 29.0 Å². The second-order valence-electron chi connectivity index (χ2n) is 11.3. The molecule has 2 heterocycles. The van der Waals surface area contributed by atoms with Gasteiger partial charge in [-0.2, -0.15) is 4.98 Å². The first-order valence-corrected chi connectivity index (χ1v) is 12.3. The summed E-state index contributed by atoms with van der Waals surface area (Å²) in [4.78, 5) is 9.03. The first-order chi connectivity index (χ1) is 16.5. The molecule has 6 nitrogen and oxygen atoms in total. The molecule has 0 radical (unpaired) electrons. The minimum absolute atomic E-state index is 0.0145. The van der Waals surface area contributed by atoms with Gasteiger partial charge < -0.3 is 19.6 Å². The number of phenolic OH excluding ortho intramolecular Hbond substituents is 1. The summed E-state index contributed by atoms with van der Waals surface area (Å²) < 4.78 is 11.8. The maximum absolute atomic E-state index is 11.0. The van der Waals surface area contributed by atoms with E-state index in [0.717, 1.165) is 41.4 Å². The molecule has 4 rings (SSSR count). The highest BCUT2D eigenvalue weighted by molar-refractivity contribution is 5.86. The van der Waals surface area contributed by atoms with E-state index in [4.69, 9.17) is 9.15 Å². The van der Waals surface area contributed by atoms with E-state index < -0.39 is 0 Å². The number of nitrogens with zero attached hydrogens (tertiary/aromatic N) is 2. The number of hydrogen-bond acceptors (Lipinski definition) is 6. The Morgan fingerprint density at radius 3 is 2.46 bits per heavy atom. The highest BCUT2D eigenvalue weighted by Gasteiger charge is 2.25. The number of oxazole rings is 1. The zero-order chi connectivity index (χ0) is 25.2. The van der Waals surface area contributed by atoms with Crippen molar-refractivity contribution in [3.05, 3.63) is 70.8 Å². The molecular weight excluding hydrogens is 438 g/mol. The second-order valence-corrected chi connectivity index (χ2v) is 11.3. The van der Waals surface area contributed by atoms with Gasteiger partial charge in [0.25, 0.3) is 5.88 Å². The summed E-state index contributed by atoms with van der Waals surface area (Å²) in [7, 11) is 0. The topological polar surface area (TPSA) is 79.9 Å². The molecule has 0 fully saturated rings. The molecule has 2 aromatic carbocycles. The second kappa shape index (κ2) is 9.76. The van der Waals surface area contributed by atoms with Gasteiger partial charge in [0.1, 0.15) is 17.3 Å².